The van der Waals surface area contributed by atoms with Crippen molar-refractivity contribution in [2.75, 3.05) is 0 Å². The van der Waals surface area contributed by atoms with Crippen LogP contribution in [0.3, 0.4) is 0 Å². The van der Waals surface area contributed by atoms with Crippen molar-refractivity contribution in [2.45, 2.75) is 91.5 Å². The lowest BCUT2D eigenvalue weighted by Crippen LogP contribution is -2.54. The molecule has 0 heterocycles. The molecule has 0 fully saturated rings. The van der Waals surface area contributed by atoms with Crippen molar-refractivity contribution < 1.29 is 24.5 Å². The van der Waals surface area contributed by atoms with Crippen LogP contribution in [0, 0.1) is 0 Å². The lowest BCUT2D eigenvalue weighted by molar-refractivity contribution is -0.399. The first-order valence-corrected chi connectivity index (χ1v) is 7.50. The van der Waals surface area contributed by atoms with E-state index < -0.39 is 28.6 Å². The largest absolute Gasteiger partial charge is 0.474 e. The highest BCUT2D eigenvalue weighted by Crippen LogP contribution is 2.27. The second kappa shape index (κ2) is 6.96. The second-order valence-electron chi connectivity index (χ2n) is 8.24. The zero-order valence-electron chi connectivity index (χ0n) is 15.3. The number of amides is 1. The molecule has 0 saturated heterocycles. The lowest BCUT2D eigenvalue weighted by Gasteiger charge is -2.41. The molecule has 0 rings (SSSR count). The van der Waals surface area contributed by atoms with Gasteiger partial charge in [-0.05, 0) is 68.7 Å². The zero-order valence-corrected chi connectivity index (χ0v) is 15.3. The molecule has 0 spiro atoms. The van der Waals surface area contributed by atoms with Gasteiger partial charge in [-0.15, -0.1) is 0 Å². The third kappa shape index (κ3) is 7.22. The lowest BCUT2D eigenvalue weighted by atomic mass is 9.95. The van der Waals surface area contributed by atoms with Crippen LogP contribution in [0.2, 0.25) is 0 Å². The van der Waals surface area contributed by atoms with E-state index in [4.69, 9.17) is 14.9 Å². The molecule has 0 aromatic carbocycles. The van der Waals surface area contributed by atoms with Gasteiger partial charge in [0.15, 0.2) is 0 Å². The fourth-order valence-electron chi connectivity index (χ4n) is 2.34. The fourth-order valence-corrected chi connectivity index (χ4v) is 2.34. The maximum atomic E-state index is 12.0. The standard InChI is InChI=1S/C16H31NO5/c1-11(10-16(8,9)22-21-15(5,6)7)17(14(2,3)4)12(18)13(19)20/h11H,10H2,1-9H3,(H,19,20). The average molecular weight is 317 g/mol. The molecule has 0 bridgehead atoms. The molecular formula is C16H31NO5. The van der Waals surface area contributed by atoms with Crippen molar-refractivity contribution in [3.05, 3.63) is 0 Å². The van der Waals surface area contributed by atoms with Gasteiger partial charge >= 0.3 is 11.9 Å². The summed E-state index contributed by atoms with van der Waals surface area (Å²) >= 11 is 0. The van der Waals surface area contributed by atoms with E-state index >= 15 is 0 Å². The molecule has 0 saturated carbocycles. The van der Waals surface area contributed by atoms with Gasteiger partial charge < -0.3 is 10.0 Å². The number of carbonyl (C=O) groups is 2. The summed E-state index contributed by atoms with van der Waals surface area (Å²) in [4.78, 5) is 35.3. The highest BCUT2D eigenvalue weighted by atomic mass is 17.2. The average Bonchev–Trinajstić information content (AvgIpc) is 2.22. The third-order valence-electron chi connectivity index (χ3n) is 2.87. The maximum absolute atomic E-state index is 12.0. The Morgan fingerprint density at radius 2 is 1.45 bits per heavy atom. The molecule has 1 unspecified atom stereocenters. The minimum Gasteiger partial charge on any atom is -0.474 e. The van der Waals surface area contributed by atoms with Crippen LogP contribution in [0.15, 0.2) is 0 Å². The van der Waals surface area contributed by atoms with Crippen LogP contribution in [0.1, 0.15) is 68.7 Å². The second-order valence-corrected chi connectivity index (χ2v) is 8.24. The van der Waals surface area contributed by atoms with E-state index in [0.717, 1.165) is 0 Å². The molecule has 22 heavy (non-hydrogen) atoms. The van der Waals surface area contributed by atoms with Crippen LogP contribution in [0.25, 0.3) is 0 Å². The first-order valence-electron chi connectivity index (χ1n) is 7.50. The van der Waals surface area contributed by atoms with Crippen molar-refractivity contribution in [3.63, 3.8) is 0 Å². The van der Waals surface area contributed by atoms with Crippen LogP contribution in [0.5, 0.6) is 0 Å². The van der Waals surface area contributed by atoms with Gasteiger partial charge in [0, 0.05) is 11.6 Å². The normalized spacial score (nSPS) is 14.6. The number of hydrogen-bond donors (Lipinski definition) is 1. The first kappa shape index (κ1) is 20.9. The van der Waals surface area contributed by atoms with Crippen LogP contribution < -0.4 is 0 Å². The van der Waals surface area contributed by atoms with Crippen LogP contribution in [-0.2, 0) is 19.4 Å². The topological polar surface area (TPSA) is 76.1 Å². The summed E-state index contributed by atoms with van der Waals surface area (Å²) in [6, 6.07) is -0.317. The molecule has 0 aliphatic heterocycles. The smallest absolute Gasteiger partial charge is 0.394 e. The number of carbonyl (C=O) groups excluding carboxylic acids is 1. The number of carboxylic acid groups (broad SMARTS) is 1. The predicted octanol–water partition coefficient (Wildman–Crippen LogP) is 3.00. The molecule has 6 heteroatoms. The van der Waals surface area contributed by atoms with Gasteiger partial charge in [0.2, 0.25) is 0 Å². The Labute approximate surface area is 133 Å². The van der Waals surface area contributed by atoms with Crippen molar-refractivity contribution in [3.8, 4) is 0 Å². The third-order valence-corrected chi connectivity index (χ3v) is 2.87. The Morgan fingerprint density at radius 3 is 1.77 bits per heavy atom. The number of aliphatic carboxylic acids is 1. The van der Waals surface area contributed by atoms with Crippen molar-refractivity contribution in [1.82, 2.24) is 4.90 Å². The summed E-state index contributed by atoms with van der Waals surface area (Å²) in [5, 5.41) is 9.03. The monoisotopic (exact) mass is 317 g/mol. The predicted molar refractivity (Wildman–Crippen MR) is 84.3 cm³/mol. The van der Waals surface area contributed by atoms with Crippen molar-refractivity contribution >= 4 is 11.9 Å². The molecule has 1 amide bonds. The van der Waals surface area contributed by atoms with E-state index in [1.54, 1.807) is 0 Å². The number of hydrogen-bond acceptors (Lipinski definition) is 4. The van der Waals surface area contributed by atoms with Gasteiger partial charge in [-0.25, -0.2) is 14.6 Å². The molecule has 0 aromatic heterocycles. The van der Waals surface area contributed by atoms with Crippen LogP contribution in [0.4, 0.5) is 0 Å². The highest BCUT2D eigenvalue weighted by Gasteiger charge is 2.38. The molecule has 0 radical (unpaired) electrons. The van der Waals surface area contributed by atoms with Gasteiger partial charge in [0.05, 0.1) is 11.2 Å². The zero-order chi connectivity index (χ0) is 17.9. The van der Waals surface area contributed by atoms with Crippen molar-refractivity contribution in [1.29, 1.82) is 0 Å². The molecule has 1 N–H and O–H groups in total. The number of carboxylic acids is 1. The molecule has 0 aromatic rings. The van der Waals surface area contributed by atoms with E-state index in [2.05, 4.69) is 0 Å². The van der Waals surface area contributed by atoms with E-state index in [-0.39, 0.29) is 6.04 Å². The SMILES string of the molecule is CC(CC(C)(C)OOC(C)(C)C)N(C(=O)C(=O)O)C(C)(C)C. The summed E-state index contributed by atoms with van der Waals surface area (Å²) in [5.41, 5.74) is -1.70. The minimum atomic E-state index is -1.45. The number of nitrogens with zero attached hydrogens (tertiary/aromatic N) is 1. The van der Waals surface area contributed by atoms with Crippen molar-refractivity contribution in [2.24, 2.45) is 0 Å². The summed E-state index contributed by atoms with van der Waals surface area (Å²) in [5.74, 6) is -2.36. The van der Waals surface area contributed by atoms with E-state index in [0.29, 0.717) is 6.42 Å². The highest BCUT2D eigenvalue weighted by molar-refractivity contribution is 6.31. The minimum absolute atomic E-state index is 0.317. The first-order chi connectivity index (χ1) is 9.57. The van der Waals surface area contributed by atoms with Gasteiger partial charge in [-0.3, -0.25) is 4.79 Å². The van der Waals surface area contributed by atoms with Gasteiger partial charge in [-0.2, -0.15) is 0 Å². The molecular weight excluding hydrogens is 286 g/mol. The summed E-state index contributed by atoms with van der Waals surface area (Å²) in [6.07, 6.45) is 0.444. The Morgan fingerprint density at radius 1 is 1.00 bits per heavy atom. The molecule has 1 atom stereocenters. The molecule has 130 valence electrons. The summed E-state index contributed by atoms with van der Waals surface area (Å²) in [6.45, 7) is 16.6. The van der Waals surface area contributed by atoms with Gasteiger partial charge in [0.1, 0.15) is 0 Å². The Hall–Kier alpha value is -1.14. The number of rotatable bonds is 5. The maximum Gasteiger partial charge on any atom is 0.394 e. The van der Waals surface area contributed by atoms with Gasteiger partial charge in [-0.1, -0.05) is 0 Å². The Balaban J connectivity index is 5.07. The summed E-state index contributed by atoms with van der Waals surface area (Å²) in [7, 11) is 0. The molecule has 0 aliphatic rings. The van der Waals surface area contributed by atoms with Crippen LogP contribution in [-0.4, -0.2) is 44.7 Å². The summed E-state index contributed by atoms with van der Waals surface area (Å²) < 4.78 is 0. The van der Waals surface area contributed by atoms with E-state index in [9.17, 15) is 9.59 Å². The Bertz CT molecular complexity index is 404. The van der Waals surface area contributed by atoms with E-state index in [1.165, 1.54) is 4.90 Å². The van der Waals surface area contributed by atoms with Crippen LogP contribution >= 0.6 is 0 Å². The van der Waals surface area contributed by atoms with E-state index in [1.807, 2.05) is 62.3 Å². The molecule has 6 nitrogen and oxygen atoms in total. The quantitative estimate of drug-likeness (QED) is 0.479. The Kier molecular flexibility index (Phi) is 6.60. The fraction of sp³-hybridized carbons (Fsp3) is 0.875. The van der Waals surface area contributed by atoms with Gasteiger partial charge in [0.25, 0.3) is 0 Å². The molecule has 0 aliphatic carbocycles.